The van der Waals surface area contributed by atoms with E-state index < -0.39 is 15.6 Å². The number of phosphoric acid groups is 2. The minimum Gasteiger partial charge on any atom is -0.303 e. The van der Waals surface area contributed by atoms with Crippen molar-refractivity contribution in [3.63, 3.8) is 0 Å². The zero-order valence-corrected chi connectivity index (χ0v) is 24.3. The Morgan fingerprint density at radius 3 is 0.621 bits per heavy atom. The molecule has 0 aromatic heterocycles. The molecular weight excluding hydrogens is 559 g/mol. The van der Waals surface area contributed by atoms with Gasteiger partial charge in [-0.25, -0.2) is 9.13 Å². The van der Waals surface area contributed by atoms with E-state index in [-0.39, 0.29) is 24.8 Å². The normalized spacial score (nSPS) is 8.21. The smallest absolute Gasteiger partial charge is 0.303 e. The van der Waals surface area contributed by atoms with Gasteiger partial charge in [-0.2, -0.15) is 0 Å². The van der Waals surface area contributed by atoms with E-state index in [1.807, 2.05) is 27.7 Å². The molecule has 0 saturated carbocycles. The van der Waals surface area contributed by atoms with E-state index in [1.165, 1.54) is 6.42 Å². The number of hydrogen-bond acceptors (Lipinski definition) is 2. The molecule has 0 heterocycles. The van der Waals surface area contributed by atoms with Crippen LogP contribution in [-0.4, -0.2) is 52.9 Å². The maximum atomic E-state index is 8.88. The van der Waals surface area contributed by atoms with Gasteiger partial charge in [-0.1, -0.05) is 54.9 Å². The zero-order valence-electron chi connectivity index (χ0n) is 17.8. The molecule has 0 unspecified atom stereocenters. The molecule has 0 aliphatic rings. The summed E-state index contributed by atoms with van der Waals surface area (Å²) in [6, 6.07) is 0. The van der Waals surface area contributed by atoms with Gasteiger partial charge in [-0.3, -0.25) is 0 Å². The average molecular weight is 599 g/mol. The summed E-state index contributed by atoms with van der Waals surface area (Å²) in [7, 11) is -9.28. The highest BCUT2D eigenvalue weighted by Crippen LogP contribution is 2.26. The van der Waals surface area contributed by atoms with Crippen molar-refractivity contribution in [2.75, 3.05) is 23.5 Å². The van der Waals surface area contributed by atoms with E-state index >= 15 is 0 Å². The molecule has 16 heteroatoms. The second-order valence-corrected chi connectivity index (χ2v) is 8.09. The van der Waals surface area contributed by atoms with Gasteiger partial charge in [0.1, 0.15) is 0 Å². The third-order valence-electron chi connectivity index (χ3n) is 0.816. The van der Waals surface area contributed by atoms with Gasteiger partial charge in [-0.05, 0) is 5.92 Å². The Labute approximate surface area is 209 Å². The van der Waals surface area contributed by atoms with Gasteiger partial charge in [-0.15, -0.1) is 71.2 Å². The van der Waals surface area contributed by atoms with Crippen molar-refractivity contribution < 1.29 is 38.5 Å². The second-order valence-electron chi connectivity index (χ2n) is 3.90. The monoisotopic (exact) mass is 596 g/mol. The fourth-order valence-corrected chi connectivity index (χ4v) is 0. The summed E-state index contributed by atoms with van der Waals surface area (Å²) in [5.74, 6) is 3.77. The van der Waals surface area contributed by atoms with Crippen molar-refractivity contribution in [2.45, 2.75) is 54.9 Å². The number of hydrogen-bond donors (Lipinski definition) is 6. The summed E-state index contributed by atoms with van der Waals surface area (Å²) in [5, 5.41) is 0. The Morgan fingerprint density at radius 1 is 0.586 bits per heavy atom. The molecule has 0 spiro atoms. The summed E-state index contributed by atoms with van der Waals surface area (Å²) in [4.78, 5) is 43.1. The van der Waals surface area contributed by atoms with Gasteiger partial charge >= 0.3 is 15.6 Å². The van der Waals surface area contributed by atoms with Crippen LogP contribution < -0.4 is 0 Å². The lowest BCUT2D eigenvalue weighted by atomic mass is 10.2. The van der Waals surface area contributed by atoms with E-state index in [0.717, 1.165) is 29.4 Å². The van der Waals surface area contributed by atoms with Gasteiger partial charge in [0.25, 0.3) is 0 Å². The minimum atomic E-state index is -4.64. The Morgan fingerprint density at radius 2 is 0.621 bits per heavy atom. The molecule has 0 bridgehead atoms. The number of alkyl halides is 4. The highest BCUT2D eigenvalue weighted by atomic mass is 35.5. The van der Waals surface area contributed by atoms with Crippen molar-refractivity contribution in [1.82, 2.24) is 0 Å². The summed E-state index contributed by atoms with van der Waals surface area (Å²) in [6.07, 6.45) is 1.31. The van der Waals surface area contributed by atoms with Crippen LogP contribution in [0.15, 0.2) is 0 Å². The third kappa shape index (κ3) is 1490. The van der Waals surface area contributed by atoms with E-state index in [4.69, 9.17) is 84.9 Å². The van der Waals surface area contributed by atoms with Gasteiger partial charge in [0.15, 0.2) is 0 Å². The predicted molar refractivity (Wildman–Crippen MR) is 134 cm³/mol. The lowest BCUT2D eigenvalue weighted by Gasteiger charge is -1.90. The third-order valence-corrected chi connectivity index (χ3v) is 0.816. The highest BCUT2D eigenvalue weighted by Gasteiger charge is 2.00. The highest BCUT2D eigenvalue weighted by molar-refractivity contribution is 7.45. The molecule has 0 aliphatic carbocycles. The van der Waals surface area contributed by atoms with Crippen LogP contribution in [0.3, 0.4) is 0 Å². The van der Waals surface area contributed by atoms with Crippen molar-refractivity contribution in [2.24, 2.45) is 5.92 Å². The Kier molecular flexibility index (Phi) is 104. The molecule has 0 aromatic carbocycles. The average Bonchev–Trinajstić information content (AvgIpc) is 2.38. The predicted octanol–water partition coefficient (Wildman–Crippen LogP) is 6.02. The molecular formula is C13H40Cl6O8P2. The lowest BCUT2D eigenvalue weighted by Crippen LogP contribution is -1.77. The maximum absolute atomic E-state index is 8.88. The SMILES string of the molecule is CCC(C)C.CCCl.CCCl.CCCl.CCCl.Cl.Cl.O=P(O)(O)O.O=P(O)(O)O. The lowest BCUT2D eigenvalue weighted by molar-refractivity contribution is 0.272. The van der Waals surface area contributed by atoms with Gasteiger partial charge in [0.05, 0.1) is 0 Å². The summed E-state index contributed by atoms with van der Waals surface area (Å²) in [5.41, 5.74) is 0. The van der Waals surface area contributed by atoms with Crippen LogP contribution in [0.5, 0.6) is 0 Å². The number of rotatable bonds is 1. The Hall–Kier alpha value is 1.96. The van der Waals surface area contributed by atoms with Crippen LogP contribution in [0.2, 0.25) is 0 Å². The summed E-state index contributed by atoms with van der Waals surface area (Å²) in [6.45, 7) is 14.2. The molecule has 0 radical (unpaired) electrons. The van der Waals surface area contributed by atoms with Gasteiger partial charge in [0.2, 0.25) is 0 Å². The molecule has 0 fully saturated rings. The van der Waals surface area contributed by atoms with Crippen molar-refractivity contribution >= 4 is 86.9 Å². The van der Waals surface area contributed by atoms with E-state index in [2.05, 4.69) is 20.8 Å². The molecule has 192 valence electrons. The first-order valence-corrected chi connectivity index (χ1v) is 13.0. The van der Waals surface area contributed by atoms with Crippen LogP contribution in [0.25, 0.3) is 0 Å². The molecule has 8 nitrogen and oxygen atoms in total. The second kappa shape index (κ2) is 52.1. The fraction of sp³-hybridized carbons (Fsp3) is 1.00. The first-order valence-electron chi connectivity index (χ1n) is 7.73. The van der Waals surface area contributed by atoms with Gasteiger partial charge < -0.3 is 29.4 Å². The van der Waals surface area contributed by atoms with Crippen LogP contribution >= 0.6 is 86.9 Å². The first kappa shape index (κ1) is 57.6. The maximum Gasteiger partial charge on any atom is 0.466 e. The van der Waals surface area contributed by atoms with Crippen LogP contribution in [0.4, 0.5) is 0 Å². The molecule has 29 heavy (non-hydrogen) atoms. The summed E-state index contributed by atoms with van der Waals surface area (Å²) >= 11 is 20.0. The van der Waals surface area contributed by atoms with Crippen LogP contribution in [0.1, 0.15) is 54.9 Å². The standard InChI is InChI=1S/C5H12.4C2H5Cl.2ClH.2H3O4P/c1-4-5(2)3;4*1-2-3;;;2*1-5(2,3)4/h5H,4H2,1-3H3;4*2H2,1H3;2*1H;2*(H3,1,2,3,4). The van der Waals surface area contributed by atoms with Crippen molar-refractivity contribution in [1.29, 1.82) is 0 Å². The van der Waals surface area contributed by atoms with Crippen LogP contribution in [-0.2, 0) is 9.13 Å². The first-order chi connectivity index (χ1) is 11.9. The molecule has 0 saturated heterocycles. The molecule has 0 rings (SSSR count). The fourth-order valence-electron chi connectivity index (χ4n) is 0. The molecule has 0 aliphatic heterocycles. The zero-order chi connectivity index (χ0) is 24.1. The van der Waals surface area contributed by atoms with E-state index in [1.54, 1.807) is 0 Å². The van der Waals surface area contributed by atoms with E-state index in [0.29, 0.717) is 0 Å². The topological polar surface area (TPSA) is 156 Å². The van der Waals surface area contributed by atoms with Crippen molar-refractivity contribution in [3.8, 4) is 0 Å². The quantitative estimate of drug-likeness (QED) is 0.158. The van der Waals surface area contributed by atoms with Crippen molar-refractivity contribution in [3.05, 3.63) is 0 Å². The largest absolute Gasteiger partial charge is 0.466 e. The molecule has 6 N–H and O–H groups in total. The Balaban J connectivity index is -0.0000000231. The molecule has 0 aromatic rings. The molecule has 0 amide bonds. The number of halogens is 6. The van der Waals surface area contributed by atoms with Gasteiger partial charge in [0, 0.05) is 23.5 Å². The van der Waals surface area contributed by atoms with E-state index in [9.17, 15) is 0 Å². The summed E-state index contributed by atoms with van der Waals surface area (Å²) < 4.78 is 17.8. The Bertz CT molecular complexity index is 250. The van der Waals surface area contributed by atoms with Crippen LogP contribution in [0, 0.1) is 5.92 Å². The molecule has 0 atom stereocenters. The minimum absolute atomic E-state index is 0.